The molecule has 1 aromatic carbocycles. The topological polar surface area (TPSA) is 80.9 Å². The minimum atomic E-state index is -0.272. The summed E-state index contributed by atoms with van der Waals surface area (Å²) < 4.78 is 0. The van der Waals surface area contributed by atoms with Crippen molar-refractivity contribution in [3.8, 4) is 0 Å². The number of hydrogen-bond donors (Lipinski definition) is 2. The summed E-state index contributed by atoms with van der Waals surface area (Å²) in [5, 5.41) is 2.92. The number of halogens is 1. The highest BCUT2D eigenvalue weighted by Crippen LogP contribution is 2.11. The Morgan fingerprint density at radius 1 is 1.30 bits per heavy atom. The number of aryl methyl sites for hydroxylation is 1. The molecule has 2 aromatic rings. The molecule has 2 rings (SSSR count). The van der Waals surface area contributed by atoms with Crippen LogP contribution in [-0.4, -0.2) is 22.4 Å². The molecule has 5 nitrogen and oxygen atoms in total. The monoisotopic (exact) mass is 290 g/mol. The first-order valence-corrected chi connectivity index (χ1v) is 6.58. The molecule has 6 heteroatoms. The van der Waals surface area contributed by atoms with Gasteiger partial charge in [-0.15, -0.1) is 0 Å². The Morgan fingerprint density at radius 3 is 2.60 bits per heavy atom. The highest BCUT2D eigenvalue weighted by molar-refractivity contribution is 6.29. The zero-order valence-electron chi connectivity index (χ0n) is 11.1. The molecular weight excluding hydrogens is 276 g/mol. The SMILES string of the molecule is Cc1cc(Cl)nc(NC(=O)c2ccc(CCN)cc2)n1. The first kappa shape index (κ1) is 14.4. The fourth-order valence-electron chi connectivity index (χ4n) is 1.75. The van der Waals surface area contributed by atoms with Crippen molar-refractivity contribution in [2.45, 2.75) is 13.3 Å². The summed E-state index contributed by atoms with van der Waals surface area (Å²) >= 11 is 5.82. The van der Waals surface area contributed by atoms with Crippen LogP contribution in [0.5, 0.6) is 0 Å². The molecule has 0 unspecified atom stereocenters. The quantitative estimate of drug-likeness (QED) is 0.846. The van der Waals surface area contributed by atoms with Gasteiger partial charge in [0.05, 0.1) is 0 Å². The lowest BCUT2D eigenvalue weighted by atomic mass is 10.1. The second-order valence-electron chi connectivity index (χ2n) is 4.35. The van der Waals surface area contributed by atoms with E-state index in [4.69, 9.17) is 17.3 Å². The van der Waals surface area contributed by atoms with Crippen molar-refractivity contribution in [3.05, 3.63) is 52.3 Å². The first-order chi connectivity index (χ1) is 9.58. The number of nitrogens with two attached hydrogens (primary N) is 1. The molecular formula is C14H15ClN4O. The molecule has 1 aromatic heterocycles. The Bertz CT molecular complexity index is 593. The molecule has 0 saturated carbocycles. The van der Waals surface area contributed by atoms with E-state index in [1.807, 2.05) is 12.1 Å². The van der Waals surface area contributed by atoms with Gasteiger partial charge >= 0.3 is 0 Å². The molecule has 20 heavy (non-hydrogen) atoms. The number of amides is 1. The summed E-state index contributed by atoms with van der Waals surface area (Å²) in [4.78, 5) is 20.1. The zero-order chi connectivity index (χ0) is 14.5. The van der Waals surface area contributed by atoms with Gasteiger partial charge in [-0.25, -0.2) is 9.97 Å². The number of nitrogens with zero attached hydrogens (tertiary/aromatic N) is 2. The van der Waals surface area contributed by atoms with E-state index < -0.39 is 0 Å². The van der Waals surface area contributed by atoms with Crippen molar-refractivity contribution < 1.29 is 4.79 Å². The third-order valence-electron chi connectivity index (χ3n) is 2.70. The number of anilines is 1. The molecule has 0 atom stereocenters. The molecule has 0 radical (unpaired) electrons. The molecule has 3 N–H and O–H groups in total. The minimum absolute atomic E-state index is 0.200. The molecule has 0 bridgehead atoms. The van der Waals surface area contributed by atoms with Crippen LogP contribution in [0.3, 0.4) is 0 Å². The van der Waals surface area contributed by atoms with Crippen LogP contribution in [0.25, 0.3) is 0 Å². The molecule has 1 heterocycles. The van der Waals surface area contributed by atoms with Gasteiger partial charge in [-0.05, 0) is 43.7 Å². The largest absolute Gasteiger partial charge is 0.330 e. The lowest BCUT2D eigenvalue weighted by Gasteiger charge is -2.06. The van der Waals surface area contributed by atoms with Crippen LogP contribution in [0, 0.1) is 6.92 Å². The average molecular weight is 291 g/mol. The Kier molecular flexibility index (Phi) is 4.65. The molecule has 104 valence electrons. The predicted molar refractivity (Wildman–Crippen MR) is 78.9 cm³/mol. The van der Waals surface area contributed by atoms with Crippen molar-refractivity contribution >= 4 is 23.5 Å². The van der Waals surface area contributed by atoms with E-state index in [-0.39, 0.29) is 11.9 Å². The lowest BCUT2D eigenvalue weighted by molar-refractivity contribution is 0.102. The average Bonchev–Trinajstić information content (AvgIpc) is 2.38. The van der Waals surface area contributed by atoms with Crippen LogP contribution in [-0.2, 0) is 6.42 Å². The number of benzene rings is 1. The van der Waals surface area contributed by atoms with Crippen molar-refractivity contribution in [1.82, 2.24) is 9.97 Å². The molecule has 0 aliphatic heterocycles. The number of carbonyl (C=O) groups excluding carboxylic acids is 1. The van der Waals surface area contributed by atoms with Crippen molar-refractivity contribution in [3.63, 3.8) is 0 Å². The molecule has 0 fully saturated rings. The predicted octanol–water partition coefficient (Wildman–Crippen LogP) is 2.19. The van der Waals surface area contributed by atoms with Crippen LogP contribution in [0.1, 0.15) is 21.6 Å². The van der Waals surface area contributed by atoms with E-state index in [1.165, 1.54) is 0 Å². The molecule has 0 aliphatic carbocycles. The second-order valence-corrected chi connectivity index (χ2v) is 4.73. The third-order valence-corrected chi connectivity index (χ3v) is 2.89. The maximum atomic E-state index is 12.0. The van der Waals surface area contributed by atoms with Crippen LogP contribution >= 0.6 is 11.6 Å². The number of aromatic nitrogens is 2. The maximum absolute atomic E-state index is 12.0. The lowest BCUT2D eigenvalue weighted by Crippen LogP contribution is -2.14. The number of nitrogens with one attached hydrogen (secondary N) is 1. The Morgan fingerprint density at radius 2 is 2.00 bits per heavy atom. The summed E-state index contributed by atoms with van der Waals surface area (Å²) in [6.45, 7) is 2.37. The summed E-state index contributed by atoms with van der Waals surface area (Å²) in [6, 6.07) is 8.88. The van der Waals surface area contributed by atoms with Crippen molar-refractivity contribution in [1.29, 1.82) is 0 Å². The summed E-state index contributed by atoms with van der Waals surface area (Å²) in [7, 11) is 0. The Hall–Kier alpha value is -1.98. The van der Waals surface area contributed by atoms with Crippen LogP contribution in [0.2, 0.25) is 5.15 Å². The van der Waals surface area contributed by atoms with Crippen LogP contribution in [0.15, 0.2) is 30.3 Å². The van der Waals surface area contributed by atoms with Gasteiger partial charge < -0.3 is 5.73 Å². The summed E-state index contributed by atoms with van der Waals surface area (Å²) in [6.07, 6.45) is 0.790. The van der Waals surface area contributed by atoms with E-state index in [0.29, 0.717) is 23.0 Å². The van der Waals surface area contributed by atoms with Gasteiger partial charge in [-0.3, -0.25) is 10.1 Å². The highest BCUT2D eigenvalue weighted by Gasteiger charge is 2.08. The smallest absolute Gasteiger partial charge is 0.258 e. The van der Waals surface area contributed by atoms with Crippen molar-refractivity contribution in [2.24, 2.45) is 5.73 Å². The standard InChI is InChI=1S/C14H15ClN4O/c1-9-8-12(15)18-14(17-9)19-13(20)11-4-2-10(3-5-11)6-7-16/h2-5,8H,6-7,16H2,1H3,(H,17,18,19,20). The van der Waals surface area contributed by atoms with Gasteiger partial charge in [0.15, 0.2) is 0 Å². The molecule has 0 saturated heterocycles. The Labute approximate surface area is 122 Å². The molecule has 1 amide bonds. The van der Waals surface area contributed by atoms with Gasteiger partial charge in [0.25, 0.3) is 5.91 Å². The number of hydrogen-bond acceptors (Lipinski definition) is 4. The Balaban J connectivity index is 2.11. The fraction of sp³-hybridized carbons (Fsp3) is 0.214. The number of rotatable bonds is 4. The normalized spacial score (nSPS) is 10.3. The summed E-state index contributed by atoms with van der Waals surface area (Å²) in [5.41, 5.74) is 7.80. The van der Waals surface area contributed by atoms with Gasteiger partial charge in [-0.2, -0.15) is 0 Å². The van der Waals surface area contributed by atoms with Crippen molar-refractivity contribution in [2.75, 3.05) is 11.9 Å². The maximum Gasteiger partial charge on any atom is 0.258 e. The van der Waals surface area contributed by atoms with Gasteiger partial charge in [0, 0.05) is 11.3 Å². The van der Waals surface area contributed by atoms with E-state index in [1.54, 1.807) is 25.1 Å². The second kappa shape index (κ2) is 6.45. The van der Waals surface area contributed by atoms with Crippen LogP contribution in [0.4, 0.5) is 5.95 Å². The third kappa shape index (κ3) is 3.76. The van der Waals surface area contributed by atoms with Gasteiger partial charge in [0.2, 0.25) is 5.95 Å². The van der Waals surface area contributed by atoms with E-state index in [0.717, 1.165) is 12.0 Å². The first-order valence-electron chi connectivity index (χ1n) is 6.20. The number of carbonyl (C=O) groups is 1. The van der Waals surface area contributed by atoms with E-state index >= 15 is 0 Å². The van der Waals surface area contributed by atoms with Gasteiger partial charge in [-0.1, -0.05) is 23.7 Å². The van der Waals surface area contributed by atoms with Gasteiger partial charge in [0.1, 0.15) is 5.15 Å². The fourth-order valence-corrected chi connectivity index (χ4v) is 1.99. The van der Waals surface area contributed by atoms with E-state index in [2.05, 4.69) is 15.3 Å². The minimum Gasteiger partial charge on any atom is -0.330 e. The van der Waals surface area contributed by atoms with Crippen LogP contribution < -0.4 is 11.1 Å². The molecule has 0 aliphatic rings. The van der Waals surface area contributed by atoms with E-state index in [9.17, 15) is 4.79 Å². The molecule has 0 spiro atoms. The summed E-state index contributed by atoms with van der Waals surface area (Å²) in [5.74, 6) is -0.0722. The highest BCUT2D eigenvalue weighted by atomic mass is 35.5. The zero-order valence-corrected chi connectivity index (χ0v) is 11.8.